The lowest BCUT2D eigenvalue weighted by Crippen LogP contribution is -2.43. The number of nitrogens with zero attached hydrogens (tertiary/aromatic N) is 1. The Balaban J connectivity index is 1.88. The van der Waals surface area contributed by atoms with Crippen LogP contribution in [0.2, 0.25) is 0 Å². The third kappa shape index (κ3) is 3.60. The van der Waals surface area contributed by atoms with Crippen molar-refractivity contribution in [1.82, 2.24) is 0 Å². The summed E-state index contributed by atoms with van der Waals surface area (Å²) >= 11 is 0. The van der Waals surface area contributed by atoms with Crippen molar-refractivity contribution in [3.63, 3.8) is 0 Å². The number of Topliss-reactive ketones (excluding diaryl/α,β-unsaturated/α-hetero) is 1. The smallest absolute Gasteiger partial charge is 0.264 e. The van der Waals surface area contributed by atoms with Gasteiger partial charge in [0.25, 0.3) is 5.91 Å². The number of carbonyl (C=O) groups is 2. The fraction of sp³-hybridized carbons (Fsp3) is 0.364. The summed E-state index contributed by atoms with van der Waals surface area (Å²) in [6.07, 6.45) is -0.225. The highest BCUT2D eigenvalue weighted by Gasteiger charge is 2.50. The molecule has 142 valence electrons. The average molecular weight is 367 g/mol. The maximum Gasteiger partial charge on any atom is 0.264 e. The number of aryl methyl sites for hydroxylation is 3. The summed E-state index contributed by atoms with van der Waals surface area (Å²) in [7, 11) is 0. The van der Waals surface area contributed by atoms with Crippen molar-refractivity contribution in [3.05, 3.63) is 58.7 Å². The number of ether oxygens (including phenoxy) is 1. The Morgan fingerprint density at radius 3 is 2.56 bits per heavy atom. The third-order valence-corrected chi connectivity index (χ3v) is 4.84. The minimum Gasteiger partial charge on any atom is -0.492 e. The molecule has 1 amide bonds. The van der Waals surface area contributed by atoms with Crippen molar-refractivity contribution in [1.29, 1.82) is 0 Å². The lowest BCUT2D eigenvalue weighted by molar-refractivity contribution is -0.141. The molecule has 2 aromatic rings. The maximum atomic E-state index is 13.0. The van der Waals surface area contributed by atoms with Crippen molar-refractivity contribution in [2.75, 3.05) is 18.1 Å². The standard InChI is InChI=1S/C22H25NO4/c1-14-6-5-7-18(11-14)27-9-8-23-20-16(3)10-15(2)12-19(20)22(26,21(23)25)13-17(4)24/h5-7,10-12,26H,8-9,13H2,1-4H3. The van der Waals surface area contributed by atoms with Gasteiger partial charge in [-0.25, -0.2) is 0 Å². The Morgan fingerprint density at radius 2 is 1.89 bits per heavy atom. The fourth-order valence-electron chi connectivity index (χ4n) is 3.78. The van der Waals surface area contributed by atoms with Crippen LogP contribution in [0.25, 0.3) is 0 Å². The number of amides is 1. The molecule has 1 N–H and O–H groups in total. The van der Waals surface area contributed by atoms with E-state index in [9.17, 15) is 14.7 Å². The van der Waals surface area contributed by atoms with Crippen molar-refractivity contribution in [2.45, 2.75) is 39.7 Å². The Morgan fingerprint density at radius 1 is 1.15 bits per heavy atom. The van der Waals surface area contributed by atoms with Gasteiger partial charge in [0.1, 0.15) is 18.1 Å². The van der Waals surface area contributed by atoms with Crippen LogP contribution in [0.5, 0.6) is 5.75 Å². The SMILES string of the molecule is CC(=O)CC1(O)C(=O)N(CCOc2cccc(C)c2)c2c(C)cc(C)cc21. The molecule has 0 saturated carbocycles. The molecule has 0 bridgehead atoms. The van der Waals surface area contributed by atoms with Crippen LogP contribution >= 0.6 is 0 Å². The van der Waals surface area contributed by atoms with Crippen LogP contribution in [0.4, 0.5) is 5.69 Å². The first-order valence-electron chi connectivity index (χ1n) is 9.07. The lowest BCUT2D eigenvalue weighted by atomic mass is 9.88. The van der Waals surface area contributed by atoms with Gasteiger partial charge in [-0.15, -0.1) is 0 Å². The monoisotopic (exact) mass is 367 g/mol. The van der Waals surface area contributed by atoms with E-state index < -0.39 is 11.5 Å². The normalized spacial score (nSPS) is 18.6. The van der Waals surface area contributed by atoms with Gasteiger partial charge in [-0.2, -0.15) is 0 Å². The largest absolute Gasteiger partial charge is 0.492 e. The van der Waals surface area contributed by atoms with E-state index in [1.54, 1.807) is 11.0 Å². The molecule has 0 saturated heterocycles. The minimum atomic E-state index is -1.80. The van der Waals surface area contributed by atoms with E-state index in [1.165, 1.54) is 6.92 Å². The van der Waals surface area contributed by atoms with Crippen molar-refractivity contribution >= 4 is 17.4 Å². The number of anilines is 1. The molecule has 5 heteroatoms. The molecular weight excluding hydrogens is 342 g/mol. The molecule has 27 heavy (non-hydrogen) atoms. The number of hydrogen-bond acceptors (Lipinski definition) is 4. The Hall–Kier alpha value is -2.66. The van der Waals surface area contributed by atoms with Gasteiger partial charge in [0.05, 0.1) is 12.2 Å². The molecule has 1 atom stereocenters. The molecule has 0 aliphatic carbocycles. The maximum absolute atomic E-state index is 13.0. The number of fused-ring (bicyclic) bond motifs is 1. The highest BCUT2D eigenvalue weighted by molar-refractivity contribution is 6.09. The zero-order valence-corrected chi connectivity index (χ0v) is 16.2. The molecule has 0 fully saturated rings. The highest BCUT2D eigenvalue weighted by Crippen LogP contribution is 2.44. The first kappa shape index (κ1) is 19.1. The van der Waals surface area contributed by atoms with E-state index in [1.807, 2.05) is 51.1 Å². The van der Waals surface area contributed by atoms with E-state index in [0.29, 0.717) is 17.8 Å². The molecule has 1 aliphatic heterocycles. The Bertz CT molecular complexity index is 905. The quantitative estimate of drug-likeness (QED) is 0.851. The van der Waals surface area contributed by atoms with Crippen LogP contribution in [0.15, 0.2) is 36.4 Å². The van der Waals surface area contributed by atoms with Crippen LogP contribution in [-0.2, 0) is 15.2 Å². The van der Waals surface area contributed by atoms with E-state index in [4.69, 9.17) is 4.74 Å². The number of rotatable bonds is 6. The topological polar surface area (TPSA) is 66.8 Å². The number of carbonyl (C=O) groups excluding carboxylic acids is 2. The summed E-state index contributed by atoms with van der Waals surface area (Å²) in [4.78, 5) is 26.3. The Labute approximate surface area is 159 Å². The fourth-order valence-corrected chi connectivity index (χ4v) is 3.78. The van der Waals surface area contributed by atoms with Gasteiger partial charge in [0.2, 0.25) is 0 Å². The highest BCUT2D eigenvalue weighted by atomic mass is 16.5. The zero-order valence-electron chi connectivity index (χ0n) is 16.2. The van der Waals surface area contributed by atoms with Gasteiger partial charge in [0, 0.05) is 12.0 Å². The molecule has 1 aliphatic rings. The van der Waals surface area contributed by atoms with Crippen LogP contribution in [-0.4, -0.2) is 29.9 Å². The summed E-state index contributed by atoms with van der Waals surface area (Å²) in [5.74, 6) is 0.0459. The average Bonchev–Trinajstić information content (AvgIpc) is 2.76. The van der Waals surface area contributed by atoms with Gasteiger partial charge < -0.3 is 14.7 Å². The molecular formula is C22H25NO4. The first-order valence-corrected chi connectivity index (χ1v) is 9.07. The number of hydrogen-bond donors (Lipinski definition) is 1. The summed E-state index contributed by atoms with van der Waals surface area (Å²) in [5.41, 5.74) is 2.32. The molecule has 5 nitrogen and oxygen atoms in total. The van der Waals surface area contributed by atoms with Gasteiger partial charge in [-0.05, 0) is 51.0 Å². The van der Waals surface area contributed by atoms with Gasteiger partial charge in [-0.1, -0.05) is 29.8 Å². The molecule has 1 heterocycles. The van der Waals surface area contributed by atoms with E-state index in [2.05, 4.69) is 0 Å². The predicted molar refractivity (Wildman–Crippen MR) is 104 cm³/mol. The second kappa shape index (κ2) is 7.16. The number of aliphatic hydroxyl groups is 1. The molecule has 3 rings (SSSR count). The molecule has 1 unspecified atom stereocenters. The molecule has 0 spiro atoms. The van der Waals surface area contributed by atoms with Gasteiger partial charge in [0.15, 0.2) is 5.60 Å². The van der Waals surface area contributed by atoms with Crippen LogP contribution < -0.4 is 9.64 Å². The summed E-state index contributed by atoms with van der Waals surface area (Å²) in [6, 6.07) is 11.5. The number of benzene rings is 2. The lowest BCUT2D eigenvalue weighted by Gasteiger charge is -2.22. The molecule has 0 radical (unpaired) electrons. The van der Waals surface area contributed by atoms with Crippen molar-refractivity contribution in [3.8, 4) is 5.75 Å². The van der Waals surface area contributed by atoms with Crippen LogP contribution in [0, 0.1) is 20.8 Å². The van der Waals surface area contributed by atoms with Gasteiger partial charge in [-0.3, -0.25) is 9.59 Å². The zero-order chi connectivity index (χ0) is 19.8. The van der Waals surface area contributed by atoms with Gasteiger partial charge >= 0.3 is 0 Å². The van der Waals surface area contributed by atoms with E-state index in [0.717, 1.165) is 22.4 Å². The summed E-state index contributed by atoms with van der Waals surface area (Å²) < 4.78 is 5.78. The predicted octanol–water partition coefficient (Wildman–Crippen LogP) is 3.20. The Kier molecular flexibility index (Phi) is 5.07. The second-order valence-corrected chi connectivity index (χ2v) is 7.34. The molecule has 2 aromatic carbocycles. The van der Waals surface area contributed by atoms with Crippen molar-refractivity contribution in [2.24, 2.45) is 0 Å². The summed E-state index contributed by atoms with van der Waals surface area (Å²) in [6.45, 7) is 7.78. The van der Waals surface area contributed by atoms with E-state index in [-0.39, 0.29) is 18.8 Å². The van der Waals surface area contributed by atoms with Crippen LogP contribution in [0.1, 0.15) is 35.6 Å². The second-order valence-electron chi connectivity index (χ2n) is 7.34. The molecule has 0 aromatic heterocycles. The third-order valence-electron chi connectivity index (χ3n) is 4.84. The minimum absolute atomic E-state index is 0.225. The number of ketones is 1. The summed E-state index contributed by atoms with van der Waals surface area (Å²) in [5, 5.41) is 11.1. The van der Waals surface area contributed by atoms with Crippen molar-refractivity contribution < 1.29 is 19.4 Å². The first-order chi connectivity index (χ1) is 12.7. The van der Waals surface area contributed by atoms with E-state index >= 15 is 0 Å². The van der Waals surface area contributed by atoms with Crippen LogP contribution in [0.3, 0.4) is 0 Å².